The van der Waals surface area contributed by atoms with E-state index >= 15 is 0 Å². The molecule has 6 rings (SSSR count). The minimum atomic E-state index is -0.403. The van der Waals surface area contributed by atoms with Gasteiger partial charge >= 0.3 is 6.01 Å². The molecule has 3 atom stereocenters. The maximum atomic E-state index is 12.4. The Morgan fingerprint density at radius 1 is 1.22 bits per heavy atom. The molecule has 2 aromatic heterocycles. The lowest BCUT2D eigenvalue weighted by Crippen LogP contribution is -2.55. The second-order valence-electron chi connectivity index (χ2n) is 10.7. The second-order valence-corrected chi connectivity index (χ2v) is 10.7. The normalized spacial score (nSPS) is 22.4. The molecule has 11 heteroatoms. The lowest BCUT2D eigenvalue weighted by molar-refractivity contribution is -0.127. The number of piperazine rings is 1. The van der Waals surface area contributed by atoms with E-state index in [9.17, 15) is 4.79 Å². The summed E-state index contributed by atoms with van der Waals surface area (Å²) < 4.78 is 19.1. The average molecular weight is 556 g/mol. The molecule has 3 aromatic rings. The number of ether oxygens (including phenoxy) is 3. The molecule has 1 amide bonds. The molecule has 2 fully saturated rings. The number of benzene rings is 1. The third kappa shape index (κ3) is 5.09. The van der Waals surface area contributed by atoms with Gasteiger partial charge in [-0.2, -0.15) is 15.1 Å². The summed E-state index contributed by atoms with van der Waals surface area (Å²) >= 11 is 0. The van der Waals surface area contributed by atoms with E-state index in [1.807, 2.05) is 24.0 Å². The molecule has 0 saturated carbocycles. The minimum Gasteiger partial charge on any atom is -0.481 e. The third-order valence-electron chi connectivity index (χ3n) is 8.23. The van der Waals surface area contributed by atoms with Crippen molar-refractivity contribution in [2.75, 3.05) is 51.3 Å². The first-order valence-electron chi connectivity index (χ1n) is 13.9. The van der Waals surface area contributed by atoms with Crippen LogP contribution in [0, 0.1) is 31.6 Å². The van der Waals surface area contributed by atoms with Crippen molar-refractivity contribution in [3.63, 3.8) is 0 Å². The van der Waals surface area contributed by atoms with Crippen molar-refractivity contribution in [1.29, 1.82) is 0 Å². The van der Waals surface area contributed by atoms with Gasteiger partial charge in [0.2, 0.25) is 5.75 Å². The Morgan fingerprint density at radius 2 is 2.10 bits per heavy atom. The topological polar surface area (TPSA) is 109 Å². The number of rotatable bonds is 6. The van der Waals surface area contributed by atoms with Crippen molar-refractivity contribution in [1.82, 2.24) is 30.0 Å². The zero-order chi connectivity index (χ0) is 28.5. The number of carbonyl (C=O) groups excluding carboxylic acids is 1. The predicted octanol–water partition coefficient (Wildman–Crippen LogP) is 2.32. The largest absolute Gasteiger partial charge is 0.481 e. The van der Waals surface area contributed by atoms with Crippen molar-refractivity contribution in [3.8, 4) is 42.3 Å². The smallest absolute Gasteiger partial charge is 0.322 e. The Bertz CT molecular complexity index is 1540. The van der Waals surface area contributed by atoms with E-state index in [0.29, 0.717) is 56.2 Å². The number of likely N-dealkylation sites (N-methyl/N-ethyl adjacent to an activating group) is 1. The summed E-state index contributed by atoms with van der Waals surface area (Å²) in [4.78, 5) is 27.8. The fraction of sp³-hybridized carbons (Fsp3) is 0.467. The van der Waals surface area contributed by atoms with Crippen LogP contribution in [0.2, 0.25) is 0 Å². The number of hydrogen-bond donors (Lipinski definition) is 1. The number of aromatic nitrogens is 4. The first kappa shape index (κ1) is 26.7. The van der Waals surface area contributed by atoms with E-state index in [2.05, 4.69) is 39.0 Å². The van der Waals surface area contributed by atoms with Crippen LogP contribution in [-0.4, -0.2) is 94.4 Å². The Kier molecular flexibility index (Phi) is 7.29. The van der Waals surface area contributed by atoms with E-state index in [1.54, 1.807) is 11.1 Å². The zero-order valence-electron chi connectivity index (χ0n) is 23.3. The van der Waals surface area contributed by atoms with Gasteiger partial charge in [-0.3, -0.25) is 9.89 Å². The zero-order valence-corrected chi connectivity index (χ0v) is 23.3. The number of carbonyl (C=O) groups is 1. The molecule has 3 aliphatic rings. The fourth-order valence-electron chi connectivity index (χ4n) is 6.00. The molecule has 0 radical (unpaired) electrons. The van der Waals surface area contributed by atoms with Gasteiger partial charge in [-0.15, -0.1) is 18.8 Å². The molecule has 3 aliphatic heterocycles. The number of nitrogens with zero attached hydrogens (tertiary/aromatic N) is 6. The van der Waals surface area contributed by atoms with Crippen molar-refractivity contribution in [3.05, 3.63) is 29.5 Å². The monoisotopic (exact) mass is 555 g/mol. The average Bonchev–Trinajstić information content (AvgIpc) is 3.63. The number of aryl methyl sites for hydroxylation is 1. The van der Waals surface area contributed by atoms with Crippen LogP contribution in [0.1, 0.15) is 36.5 Å². The number of fused-ring (bicyclic) bond motifs is 2. The lowest BCUT2D eigenvalue weighted by Gasteiger charge is -2.41. The SMILES string of the molecule is C#CC[C@H]1CN(c2nc(OC[C@@H]3CCCN3C)nc3c2OCC(c2c(C)ccc4[nH]ncc24)O3)CCN1C(=O)C#C. The predicted molar refractivity (Wildman–Crippen MR) is 153 cm³/mol. The number of likely N-dealkylation sites (tertiary alicyclic amines) is 1. The highest BCUT2D eigenvalue weighted by Gasteiger charge is 2.36. The summed E-state index contributed by atoms with van der Waals surface area (Å²) in [7, 11) is 2.10. The molecule has 5 heterocycles. The summed E-state index contributed by atoms with van der Waals surface area (Å²) in [5.74, 6) is 5.84. The molecule has 41 heavy (non-hydrogen) atoms. The van der Waals surface area contributed by atoms with Gasteiger partial charge in [-0.05, 0) is 50.9 Å². The van der Waals surface area contributed by atoms with Gasteiger partial charge in [0.1, 0.15) is 13.2 Å². The fourth-order valence-corrected chi connectivity index (χ4v) is 6.00. The Balaban J connectivity index is 1.34. The summed E-state index contributed by atoms with van der Waals surface area (Å²) in [5.41, 5.74) is 2.98. The number of anilines is 1. The molecular weight excluding hydrogens is 522 g/mol. The van der Waals surface area contributed by atoms with Crippen LogP contribution in [0.15, 0.2) is 18.3 Å². The summed E-state index contributed by atoms with van der Waals surface area (Å²) in [6, 6.07) is 4.29. The molecule has 212 valence electrons. The third-order valence-corrected chi connectivity index (χ3v) is 8.23. The molecule has 1 N–H and O–H groups in total. The molecule has 0 aliphatic carbocycles. The van der Waals surface area contributed by atoms with E-state index in [4.69, 9.17) is 32.0 Å². The van der Waals surface area contributed by atoms with Crippen molar-refractivity contribution >= 4 is 22.6 Å². The Labute approximate surface area is 239 Å². The van der Waals surface area contributed by atoms with Crippen molar-refractivity contribution in [2.24, 2.45) is 0 Å². The highest BCUT2D eigenvalue weighted by atomic mass is 16.6. The maximum absolute atomic E-state index is 12.4. The van der Waals surface area contributed by atoms with Crippen LogP contribution in [0.5, 0.6) is 17.6 Å². The number of nitrogens with one attached hydrogen (secondary N) is 1. The molecule has 0 bridgehead atoms. The first-order valence-corrected chi connectivity index (χ1v) is 13.9. The molecule has 1 unspecified atom stereocenters. The van der Waals surface area contributed by atoms with Crippen molar-refractivity contribution in [2.45, 2.75) is 44.4 Å². The molecular formula is C30H33N7O4. The van der Waals surface area contributed by atoms with Crippen LogP contribution in [0.25, 0.3) is 10.9 Å². The van der Waals surface area contributed by atoms with Crippen LogP contribution in [0.3, 0.4) is 0 Å². The van der Waals surface area contributed by atoms with Crippen LogP contribution < -0.4 is 19.1 Å². The summed E-state index contributed by atoms with van der Waals surface area (Å²) in [6.07, 6.45) is 15.0. The summed E-state index contributed by atoms with van der Waals surface area (Å²) in [5, 5.41) is 8.22. The Hall–Kier alpha value is -4.48. The molecule has 2 saturated heterocycles. The van der Waals surface area contributed by atoms with Gasteiger partial charge in [0.15, 0.2) is 11.9 Å². The van der Waals surface area contributed by atoms with Crippen LogP contribution in [-0.2, 0) is 4.79 Å². The maximum Gasteiger partial charge on any atom is 0.322 e. The van der Waals surface area contributed by atoms with E-state index in [-0.39, 0.29) is 24.6 Å². The number of H-pyrrole nitrogens is 1. The van der Waals surface area contributed by atoms with Crippen LogP contribution >= 0.6 is 0 Å². The van der Waals surface area contributed by atoms with Crippen LogP contribution in [0.4, 0.5) is 5.82 Å². The number of aromatic amines is 1. The summed E-state index contributed by atoms with van der Waals surface area (Å²) in [6.45, 7) is 5.15. The van der Waals surface area contributed by atoms with Gasteiger partial charge in [0.05, 0.1) is 17.8 Å². The first-order chi connectivity index (χ1) is 20.0. The quantitative estimate of drug-likeness (QED) is 0.459. The molecule has 11 nitrogen and oxygen atoms in total. The van der Waals surface area contributed by atoms with Gasteiger partial charge in [-0.1, -0.05) is 6.07 Å². The molecule has 1 aromatic carbocycles. The van der Waals surface area contributed by atoms with E-state index in [1.165, 1.54) is 0 Å². The highest BCUT2D eigenvalue weighted by molar-refractivity contribution is 5.93. The number of terminal acetylenes is 2. The number of amides is 1. The van der Waals surface area contributed by atoms with E-state index < -0.39 is 6.10 Å². The van der Waals surface area contributed by atoms with Gasteiger partial charge in [0.25, 0.3) is 11.8 Å². The van der Waals surface area contributed by atoms with Gasteiger partial charge in [-0.25, -0.2) is 0 Å². The standard InChI is InChI=1S/C30H33N7O4/c1-5-8-20-16-36(13-14-37(20)25(38)6-2)28-27-29(33-30(32-28)40-17-21-9-7-12-35(21)4)41-24(18-39-27)26-19(3)10-11-23-22(26)15-31-34-23/h1-2,10-11,15,20-21,24H,7-9,12-14,16-18H2,3-4H3,(H,31,34)/t20-,21-,24?/m0/s1. The minimum absolute atomic E-state index is 0.220. The van der Waals surface area contributed by atoms with E-state index in [0.717, 1.165) is 41.4 Å². The lowest BCUT2D eigenvalue weighted by atomic mass is 9.99. The Morgan fingerprint density at radius 3 is 2.88 bits per heavy atom. The number of hydrogen-bond acceptors (Lipinski definition) is 9. The highest BCUT2D eigenvalue weighted by Crippen LogP contribution is 2.44. The van der Waals surface area contributed by atoms with Gasteiger partial charge < -0.3 is 28.9 Å². The van der Waals surface area contributed by atoms with Gasteiger partial charge in [0, 0.05) is 43.0 Å². The second kappa shape index (κ2) is 11.2. The van der Waals surface area contributed by atoms with Crippen molar-refractivity contribution < 1.29 is 19.0 Å². The molecule has 0 spiro atoms.